The predicted molar refractivity (Wildman–Crippen MR) is 92.6 cm³/mol. The van der Waals surface area contributed by atoms with Gasteiger partial charge in [0, 0.05) is 38.3 Å². The van der Waals surface area contributed by atoms with E-state index in [4.69, 9.17) is 9.57 Å². The summed E-state index contributed by atoms with van der Waals surface area (Å²) in [4.78, 5) is 30.0. The van der Waals surface area contributed by atoms with Gasteiger partial charge in [0.15, 0.2) is 0 Å². The van der Waals surface area contributed by atoms with Crippen molar-refractivity contribution < 1.29 is 19.3 Å². The molecule has 0 bridgehead atoms. The highest BCUT2D eigenvalue weighted by Gasteiger charge is 2.19. The van der Waals surface area contributed by atoms with Crippen LogP contribution in [-0.4, -0.2) is 74.3 Å². The number of hydroxylamine groups is 2. The summed E-state index contributed by atoms with van der Waals surface area (Å²) in [6.45, 7) is 4.79. The van der Waals surface area contributed by atoms with Gasteiger partial charge in [-0.3, -0.25) is 24.6 Å². The van der Waals surface area contributed by atoms with Crippen molar-refractivity contribution in [1.82, 2.24) is 9.96 Å². The first-order valence-electron chi connectivity index (χ1n) is 8.17. The molecule has 138 valence electrons. The van der Waals surface area contributed by atoms with E-state index >= 15 is 0 Å². The lowest BCUT2D eigenvalue weighted by Gasteiger charge is -2.26. The molecule has 1 heterocycles. The number of ether oxygens (including phenoxy) is 1. The van der Waals surface area contributed by atoms with Gasteiger partial charge in [-0.2, -0.15) is 0 Å². The smallest absolute Gasteiger partial charge is 0.292 e. The van der Waals surface area contributed by atoms with Gasteiger partial charge in [-0.15, -0.1) is 0 Å². The van der Waals surface area contributed by atoms with Crippen molar-refractivity contribution in [3.63, 3.8) is 0 Å². The molecule has 2 rings (SSSR count). The summed E-state index contributed by atoms with van der Waals surface area (Å²) in [6, 6.07) is 4.25. The summed E-state index contributed by atoms with van der Waals surface area (Å²) in [5.41, 5.74) is 0.607. The largest absolute Gasteiger partial charge is 0.379 e. The monoisotopic (exact) mass is 352 g/mol. The second-order valence-corrected chi connectivity index (χ2v) is 5.71. The number of nitro groups is 1. The molecular weight excluding hydrogens is 328 g/mol. The Kier molecular flexibility index (Phi) is 7.11. The molecule has 0 aromatic heterocycles. The van der Waals surface area contributed by atoms with Crippen molar-refractivity contribution in [3.8, 4) is 0 Å². The van der Waals surface area contributed by atoms with E-state index in [1.165, 1.54) is 32.4 Å². The van der Waals surface area contributed by atoms with Crippen molar-refractivity contribution in [1.29, 1.82) is 0 Å². The third kappa shape index (κ3) is 5.38. The SMILES string of the molecule is CON(C)C(=O)c1ccc([N+](=O)[O-])c(NCCCN2CCOCC2)c1. The molecule has 25 heavy (non-hydrogen) atoms. The molecule has 1 aromatic rings. The molecule has 0 saturated carbocycles. The number of hydrogen-bond donors (Lipinski definition) is 1. The third-order valence-corrected chi connectivity index (χ3v) is 4.07. The van der Waals surface area contributed by atoms with Crippen LogP contribution in [0.3, 0.4) is 0 Å². The first-order chi connectivity index (χ1) is 12.0. The summed E-state index contributed by atoms with van der Waals surface area (Å²) >= 11 is 0. The lowest BCUT2D eigenvalue weighted by Crippen LogP contribution is -2.37. The van der Waals surface area contributed by atoms with Crippen molar-refractivity contribution in [2.24, 2.45) is 0 Å². The Morgan fingerprint density at radius 2 is 2.16 bits per heavy atom. The topological polar surface area (TPSA) is 97.2 Å². The normalized spacial score (nSPS) is 15.0. The maximum atomic E-state index is 12.1. The van der Waals surface area contributed by atoms with Crippen LogP contribution < -0.4 is 5.32 Å². The minimum Gasteiger partial charge on any atom is -0.379 e. The standard InChI is InChI=1S/C16H24N4O5/c1-18(24-2)16(21)13-4-5-15(20(22)23)14(12-13)17-6-3-7-19-8-10-25-11-9-19/h4-5,12,17H,3,6-11H2,1-2H3. The first kappa shape index (κ1) is 19.1. The summed E-state index contributed by atoms with van der Waals surface area (Å²) < 4.78 is 5.30. The highest BCUT2D eigenvalue weighted by molar-refractivity contribution is 5.95. The highest BCUT2D eigenvalue weighted by Crippen LogP contribution is 2.26. The zero-order valence-corrected chi connectivity index (χ0v) is 14.6. The fourth-order valence-corrected chi connectivity index (χ4v) is 2.59. The molecular formula is C16H24N4O5. The highest BCUT2D eigenvalue weighted by atomic mass is 16.7. The third-order valence-electron chi connectivity index (χ3n) is 4.07. The number of carbonyl (C=O) groups is 1. The molecule has 0 radical (unpaired) electrons. The fraction of sp³-hybridized carbons (Fsp3) is 0.562. The zero-order chi connectivity index (χ0) is 18.2. The molecule has 0 unspecified atom stereocenters. The van der Waals surface area contributed by atoms with Gasteiger partial charge in [-0.05, 0) is 25.1 Å². The number of hydrogen-bond acceptors (Lipinski definition) is 7. The molecule has 1 aliphatic heterocycles. The minimum atomic E-state index is -0.460. The van der Waals surface area contributed by atoms with Crippen LogP contribution >= 0.6 is 0 Å². The van der Waals surface area contributed by atoms with E-state index in [1.54, 1.807) is 0 Å². The Bertz CT molecular complexity index is 604. The number of anilines is 1. The average molecular weight is 352 g/mol. The average Bonchev–Trinajstić information content (AvgIpc) is 2.64. The van der Waals surface area contributed by atoms with E-state index < -0.39 is 4.92 Å². The minimum absolute atomic E-state index is 0.0528. The maximum absolute atomic E-state index is 12.1. The molecule has 1 aromatic carbocycles. The number of rotatable bonds is 8. The Labute approximate surface area is 146 Å². The van der Waals surface area contributed by atoms with E-state index in [0.29, 0.717) is 17.8 Å². The van der Waals surface area contributed by atoms with Crippen molar-refractivity contribution in [2.45, 2.75) is 6.42 Å². The van der Waals surface area contributed by atoms with Gasteiger partial charge in [0.05, 0.1) is 25.2 Å². The van der Waals surface area contributed by atoms with Crippen LogP contribution in [0.2, 0.25) is 0 Å². The maximum Gasteiger partial charge on any atom is 0.292 e. The van der Waals surface area contributed by atoms with Crippen molar-refractivity contribution >= 4 is 17.3 Å². The molecule has 1 aliphatic rings. The van der Waals surface area contributed by atoms with Gasteiger partial charge in [0.25, 0.3) is 11.6 Å². The Hall–Kier alpha value is -2.23. The summed E-state index contributed by atoms with van der Waals surface area (Å²) in [5, 5.41) is 15.3. The van der Waals surface area contributed by atoms with Crippen molar-refractivity contribution in [2.75, 3.05) is 58.9 Å². The van der Waals surface area contributed by atoms with E-state index in [0.717, 1.165) is 44.3 Å². The molecule has 0 atom stereocenters. The lowest BCUT2D eigenvalue weighted by molar-refractivity contribution is -0.384. The molecule has 1 saturated heterocycles. The van der Waals surface area contributed by atoms with Crippen LogP contribution in [-0.2, 0) is 9.57 Å². The van der Waals surface area contributed by atoms with Gasteiger partial charge in [-0.25, -0.2) is 5.06 Å². The van der Waals surface area contributed by atoms with Gasteiger partial charge >= 0.3 is 0 Å². The number of benzene rings is 1. The van der Waals surface area contributed by atoms with Crippen LogP contribution in [0, 0.1) is 10.1 Å². The summed E-state index contributed by atoms with van der Waals surface area (Å²) in [7, 11) is 2.87. The number of morpholine rings is 1. The number of carbonyl (C=O) groups excluding carboxylic acids is 1. The van der Waals surface area contributed by atoms with Crippen LogP contribution in [0.4, 0.5) is 11.4 Å². The fourth-order valence-electron chi connectivity index (χ4n) is 2.59. The molecule has 9 nitrogen and oxygen atoms in total. The Morgan fingerprint density at radius 1 is 1.44 bits per heavy atom. The van der Waals surface area contributed by atoms with Gasteiger partial charge in [-0.1, -0.05) is 0 Å². The lowest BCUT2D eigenvalue weighted by atomic mass is 10.1. The number of amides is 1. The van der Waals surface area contributed by atoms with E-state index in [1.807, 2.05) is 0 Å². The first-order valence-corrected chi connectivity index (χ1v) is 8.17. The molecule has 1 N–H and O–H groups in total. The van der Waals surface area contributed by atoms with Gasteiger partial charge in [0.2, 0.25) is 0 Å². The second kappa shape index (κ2) is 9.30. The number of nitrogens with one attached hydrogen (secondary N) is 1. The van der Waals surface area contributed by atoms with E-state index in [9.17, 15) is 14.9 Å². The molecule has 0 spiro atoms. The van der Waals surface area contributed by atoms with Crippen LogP contribution in [0.1, 0.15) is 16.8 Å². The molecule has 9 heteroatoms. The second-order valence-electron chi connectivity index (χ2n) is 5.71. The van der Waals surface area contributed by atoms with E-state index in [-0.39, 0.29) is 11.6 Å². The van der Waals surface area contributed by atoms with Crippen LogP contribution in [0.5, 0.6) is 0 Å². The zero-order valence-electron chi connectivity index (χ0n) is 14.6. The van der Waals surface area contributed by atoms with Crippen LogP contribution in [0.25, 0.3) is 0 Å². The predicted octanol–water partition coefficient (Wildman–Crippen LogP) is 1.36. The number of nitro benzene ring substituents is 1. The molecule has 1 fully saturated rings. The van der Waals surface area contributed by atoms with Gasteiger partial charge < -0.3 is 10.1 Å². The quantitative estimate of drug-likeness (QED) is 0.429. The Balaban J connectivity index is 1.98. The molecule has 1 amide bonds. The Morgan fingerprint density at radius 3 is 2.80 bits per heavy atom. The summed E-state index contributed by atoms with van der Waals surface area (Å²) in [5.74, 6) is -0.367. The van der Waals surface area contributed by atoms with Gasteiger partial charge in [0.1, 0.15) is 5.69 Å². The molecule has 0 aliphatic carbocycles. The van der Waals surface area contributed by atoms with Crippen molar-refractivity contribution in [3.05, 3.63) is 33.9 Å². The summed E-state index contributed by atoms with van der Waals surface area (Å²) in [6.07, 6.45) is 0.841. The van der Waals surface area contributed by atoms with E-state index in [2.05, 4.69) is 10.2 Å². The van der Waals surface area contributed by atoms with Crippen LogP contribution in [0.15, 0.2) is 18.2 Å². The number of nitrogens with zero attached hydrogens (tertiary/aromatic N) is 3.